The van der Waals surface area contributed by atoms with Crippen LogP contribution in [0.1, 0.15) is 49.8 Å². The lowest BCUT2D eigenvalue weighted by atomic mass is 9.96. The molecule has 0 aliphatic heterocycles. The van der Waals surface area contributed by atoms with Crippen LogP contribution < -0.4 is 27.0 Å². The van der Waals surface area contributed by atoms with Crippen LogP contribution in [0.5, 0.6) is 0 Å². The summed E-state index contributed by atoms with van der Waals surface area (Å²) >= 11 is 0. The van der Waals surface area contributed by atoms with Gasteiger partial charge in [-0.1, -0.05) is 87.0 Å². The Balaban J connectivity index is 1.71. The predicted octanol–water partition coefficient (Wildman–Crippen LogP) is 1.27. The van der Waals surface area contributed by atoms with E-state index in [2.05, 4.69) is 21.3 Å². The van der Waals surface area contributed by atoms with Gasteiger partial charge in [0.1, 0.15) is 18.1 Å². The first-order valence-electron chi connectivity index (χ1n) is 16.4. The van der Waals surface area contributed by atoms with E-state index in [1.165, 1.54) is 24.3 Å². The third-order valence-electron chi connectivity index (χ3n) is 8.30. The van der Waals surface area contributed by atoms with Crippen molar-refractivity contribution in [1.82, 2.24) is 21.3 Å². The molecule has 4 unspecified atom stereocenters. The maximum atomic E-state index is 13.6. The standard InChI is InChI=1S/C35H44N5O10P/c1-3-21(2)30(40-32(43)27(39-34(45)35(46)47)18-22-13-15-23(16-14-22)20-51(48,49)50)33(44)38-28(19-29(36)41)31(42)37-17-7-11-25-10-6-9-24-8-4-5-12-26(24)25/h4-6,8-10,12-16,21,27-28,30H,3,7,11,17-20H2,1-2H3,(H2,36,41)(H,37,42)(H,38,44)(H,39,45)(H,40,43)(H,46,47)(H2,48,49,50). The zero-order valence-corrected chi connectivity index (χ0v) is 29.2. The van der Waals surface area contributed by atoms with Gasteiger partial charge < -0.3 is 41.9 Å². The second-order valence-corrected chi connectivity index (χ2v) is 14.0. The SMILES string of the molecule is CCC(C)C(NC(=O)C(Cc1ccc(CP(=O)(O)O)cc1)NC(=O)C(=O)O)C(=O)NC(CC(N)=O)C(=O)NCCCc1cccc2ccccc12. The van der Waals surface area contributed by atoms with Crippen LogP contribution in [-0.4, -0.2) is 75.1 Å². The van der Waals surface area contributed by atoms with Crippen molar-refractivity contribution in [1.29, 1.82) is 0 Å². The van der Waals surface area contributed by atoms with E-state index < -0.39 is 79.7 Å². The molecule has 0 aromatic heterocycles. The Morgan fingerprint density at radius 1 is 0.804 bits per heavy atom. The van der Waals surface area contributed by atoms with Crippen LogP contribution in [0.2, 0.25) is 0 Å². The summed E-state index contributed by atoms with van der Waals surface area (Å²) < 4.78 is 11.3. The number of carboxylic acids is 1. The average molecular weight is 726 g/mol. The summed E-state index contributed by atoms with van der Waals surface area (Å²) in [6.07, 6.45) is 0.343. The van der Waals surface area contributed by atoms with Crippen LogP contribution in [0, 0.1) is 5.92 Å². The van der Waals surface area contributed by atoms with E-state index in [1.54, 1.807) is 13.8 Å². The molecule has 3 aromatic carbocycles. The number of carbonyl (C=O) groups excluding carboxylic acids is 5. The smallest absolute Gasteiger partial charge is 0.394 e. The van der Waals surface area contributed by atoms with Gasteiger partial charge in [-0.2, -0.15) is 0 Å². The lowest BCUT2D eigenvalue weighted by Gasteiger charge is -2.28. The molecule has 0 fully saturated rings. The van der Waals surface area contributed by atoms with E-state index >= 15 is 0 Å². The molecule has 274 valence electrons. The van der Waals surface area contributed by atoms with Crippen molar-refractivity contribution in [2.75, 3.05) is 6.54 Å². The second kappa shape index (κ2) is 18.8. The lowest BCUT2D eigenvalue weighted by Crippen LogP contribution is -2.59. The van der Waals surface area contributed by atoms with Crippen LogP contribution in [0.4, 0.5) is 0 Å². The highest BCUT2D eigenvalue weighted by Crippen LogP contribution is 2.39. The number of aryl methyl sites for hydroxylation is 1. The van der Waals surface area contributed by atoms with Gasteiger partial charge in [-0.3, -0.25) is 28.5 Å². The Morgan fingerprint density at radius 3 is 2.08 bits per heavy atom. The molecular formula is C35H44N5O10P. The maximum Gasteiger partial charge on any atom is 0.394 e. The van der Waals surface area contributed by atoms with Gasteiger partial charge in [0.2, 0.25) is 23.6 Å². The molecule has 0 aliphatic carbocycles. The van der Waals surface area contributed by atoms with Gasteiger partial charge in [-0.15, -0.1) is 0 Å². The van der Waals surface area contributed by atoms with Gasteiger partial charge >= 0.3 is 19.5 Å². The number of amides is 5. The van der Waals surface area contributed by atoms with Crippen LogP contribution in [0.3, 0.4) is 0 Å². The minimum absolute atomic E-state index is 0.235. The van der Waals surface area contributed by atoms with E-state index in [-0.39, 0.29) is 13.0 Å². The molecule has 3 rings (SSSR count). The number of fused-ring (bicyclic) bond motifs is 1. The van der Waals surface area contributed by atoms with E-state index in [0.717, 1.165) is 16.3 Å². The maximum absolute atomic E-state index is 13.6. The van der Waals surface area contributed by atoms with Gasteiger partial charge in [0.25, 0.3) is 0 Å². The average Bonchev–Trinajstić information content (AvgIpc) is 3.07. The Bertz CT molecular complexity index is 1770. The quantitative estimate of drug-likeness (QED) is 0.0529. The molecule has 9 N–H and O–H groups in total. The van der Waals surface area contributed by atoms with Gasteiger partial charge in [-0.05, 0) is 46.2 Å². The number of rotatable bonds is 18. The van der Waals surface area contributed by atoms with E-state index in [9.17, 15) is 43.1 Å². The van der Waals surface area contributed by atoms with Crippen molar-refractivity contribution in [3.05, 3.63) is 83.4 Å². The zero-order valence-electron chi connectivity index (χ0n) is 28.3. The number of primary amides is 1. The number of aliphatic carboxylic acids is 1. The molecule has 0 spiro atoms. The summed E-state index contributed by atoms with van der Waals surface area (Å²) in [6.45, 7) is 3.65. The Morgan fingerprint density at radius 2 is 1.45 bits per heavy atom. The van der Waals surface area contributed by atoms with Crippen LogP contribution >= 0.6 is 7.60 Å². The molecule has 0 aliphatic rings. The summed E-state index contributed by atoms with van der Waals surface area (Å²) in [5, 5.41) is 21.3. The minimum Gasteiger partial charge on any atom is -0.474 e. The monoisotopic (exact) mass is 725 g/mol. The fraction of sp³-hybridized carbons (Fsp3) is 0.371. The van der Waals surface area contributed by atoms with Gasteiger partial charge in [-0.25, -0.2) is 4.79 Å². The van der Waals surface area contributed by atoms with Crippen molar-refractivity contribution in [3.8, 4) is 0 Å². The number of carbonyl (C=O) groups is 6. The molecule has 51 heavy (non-hydrogen) atoms. The number of nitrogens with one attached hydrogen (secondary N) is 4. The minimum atomic E-state index is -4.34. The van der Waals surface area contributed by atoms with Crippen molar-refractivity contribution in [2.45, 2.75) is 70.2 Å². The van der Waals surface area contributed by atoms with Crippen molar-refractivity contribution >= 4 is 53.9 Å². The van der Waals surface area contributed by atoms with Crippen molar-refractivity contribution in [2.24, 2.45) is 11.7 Å². The molecule has 0 radical (unpaired) electrons. The molecule has 0 bridgehead atoms. The number of nitrogens with two attached hydrogens (primary N) is 1. The third-order valence-corrected chi connectivity index (χ3v) is 9.08. The fourth-order valence-corrected chi connectivity index (χ4v) is 6.12. The normalized spacial score (nSPS) is 13.6. The van der Waals surface area contributed by atoms with Crippen molar-refractivity contribution < 1.29 is 48.2 Å². The summed E-state index contributed by atoms with van der Waals surface area (Å²) in [6, 6.07) is 15.6. The topological polar surface area (TPSA) is 254 Å². The van der Waals surface area contributed by atoms with E-state index in [1.807, 2.05) is 42.5 Å². The van der Waals surface area contributed by atoms with Crippen molar-refractivity contribution in [3.63, 3.8) is 0 Å². The first-order valence-corrected chi connectivity index (χ1v) is 18.2. The first kappa shape index (κ1) is 40.3. The second-order valence-electron chi connectivity index (χ2n) is 12.3. The highest BCUT2D eigenvalue weighted by molar-refractivity contribution is 7.50. The summed E-state index contributed by atoms with van der Waals surface area (Å²) in [5.41, 5.74) is 7.22. The highest BCUT2D eigenvalue weighted by Gasteiger charge is 2.33. The summed E-state index contributed by atoms with van der Waals surface area (Å²) in [7, 11) is -4.34. The van der Waals surface area contributed by atoms with Gasteiger partial charge in [0.15, 0.2) is 0 Å². The lowest BCUT2D eigenvalue weighted by molar-refractivity contribution is -0.151. The number of hydrogen-bond acceptors (Lipinski definition) is 7. The first-order chi connectivity index (χ1) is 24.1. The number of carboxylic acid groups (broad SMARTS) is 1. The molecule has 16 heteroatoms. The predicted molar refractivity (Wildman–Crippen MR) is 188 cm³/mol. The highest BCUT2D eigenvalue weighted by atomic mass is 31.2. The molecule has 0 saturated heterocycles. The molecular weight excluding hydrogens is 681 g/mol. The van der Waals surface area contributed by atoms with Crippen LogP contribution in [0.25, 0.3) is 10.8 Å². The molecule has 15 nitrogen and oxygen atoms in total. The molecule has 3 aromatic rings. The zero-order chi connectivity index (χ0) is 37.7. The molecule has 4 atom stereocenters. The molecule has 5 amide bonds. The fourth-order valence-electron chi connectivity index (χ4n) is 5.44. The Hall–Kier alpha value is -5.11. The van der Waals surface area contributed by atoms with Crippen LogP contribution in [-0.2, 0) is 52.3 Å². The summed E-state index contributed by atoms with van der Waals surface area (Å²) in [4.78, 5) is 94.0. The molecule has 0 heterocycles. The van der Waals surface area contributed by atoms with E-state index in [4.69, 9.17) is 10.8 Å². The van der Waals surface area contributed by atoms with Gasteiger partial charge in [0, 0.05) is 13.0 Å². The van der Waals surface area contributed by atoms with Crippen LogP contribution in [0.15, 0.2) is 66.7 Å². The molecule has 0 saturated carbocycles. The number of hydrogen-bond donors (Lipinski definition) is 8. The Kier molecular flexibility index (Phi) is 14.8. The number of benzene rings is 3. The largest absolute Gasteiger partial charge is 0.474 e. The Labute approximate surface area is 294 Å². The van der Waals surface area contributed by atoms with E-state index in [0.29, 0.717) is 30.4 Å². The van der Waals surface area contributed by atoms with Gasteiger partial charge in [0.05, 0.1) is 12.6 Å². The summed E-state index contributed by atoms with van der Waals surface area (Å²) in [5.74, 6) is -7.06. The third kappa shape index (κ3) is 12.9.